The topological polar surface area (TPSA) is 66.5 Å². The number of hydrogen-bond acceptors (Lipinski definition) is 3. The van der Waals surface area contributed by atoms with Crippen LogP contribution in [-0.2, 0) is 14.4 Å². The summed E-state index contributed by atoms with van der Waals surface area (Å²) in [6, 6.07) is 5.29. The molecule has 0 radical (unpaired) electrons. The first kappa shape index (κ1) is 15.4. The average Bonchev–Trinajstić information content (AvgIpc) is 3.20. The number of benzene rings is 1. The Labute approximate surface area is 144 Å². The van der Waals surface area contributed by atoms with Crippen LogP contribution in [0.25, 0.3) is 0 Å². The summed E-state index contributed by atoms with van der Waals surface area (Å²) in [5.74, 6) is -1.10. The lowest BCUT2D eigenvalue weighted by Gasteiger charge is -2.17. The number of fused-ring (bicyclic) bond motifs is 5. The van der Waals surface area contributed by atoms with Crippen molar-refractivity contribution < 1.29 is 14.4 Å². The summed E-state index contributed by atoms with van der Waals surface area (Å²) in [4.78, 5) is 38.5. The van der Waals surface area contributed by atoms with Gasteiger partial charge in [0, 0.05) is 0 Å². The van der Waals surface area contributed by atoms with Crippen molar-refractivity contribution in [3.8, 4) is 0 Å². The van der Waals surface area contributed by atoms with Crippen LogP contribution in [0.5, 0.6) is 0 Å². The normalized spacial score (nSPS) is 30.2. The Kier molecular flexibility index (Phi) is 3.49. The monoisotopic (exact) mass is 344 g/mol. The van der Waals surface area contributed by atoms with Crippen LogP contribution in [0.4, 0.5) is 5.69 Å². The summed E-state index contributed by atoms with van der Waals surface area (Å²) in [5.41, 5.74) is 1.46. The van der Waals surface area contributed by atoms with Crippen LogP contribution in [0.15, 0.2) is 30.4 Å². The zero-order valence-electron chi connectivity index (χ0n) is 13.2. The SMILES string of the molecule is Cc1ccc(NC(=O)CN2C(=O)[C@@H]3[C@H](C2=O)[C@H]2C=C[C@H]3C2)c(Cl)c1. The zero-order chi connectivity index (χ0) is 17.0. The van der Waals surface area contributed by atoms with E-state index in [-0.39, 0.29) is 42.0 Å². The van der Waals surface area contributed by atoms with Crippen molar-refractivity contribution >= 4 is 35.0 Å². The summed E-state index contributed by atoms with van der Waals surface area (Å²) < 4.78 is 0. The molecule has 2 aliphatic carbocycles. The maximum absolute atomic E-state index is 12.6. The van der Waals surface area contributed by atoms with Gasteiger partial charge in [0.15, 0.2) is 0 Å². The van der Waals surface area contributed by atoms with Crippen molar-refractivity contribution in [2.45, 2.75) is 13.3 Å². The van der Waals surface area contributed by atoms with Gasteiger partial charge >= 0.3 is 0 Å². The number of allylic oxidation sites excluding steroid dienone is 2. The second-order valence-corrected chi connectivity index (χ2v) is 7.20. The molecule has 1 heterocycles. The van der Waals surface area contributed by atoms with Crippen molar-refractivity contribution in [1.29, 1.82) is 0 Å². The highest BCUT2D eigenvalue weighted by molar-refractivity contribution is 6.33. The second kappa shape index (κ2) is 5.45. The molecule has 6 heteroatoms. The third-order valence-electron chi connectivity index (χ3n) is 5.26. The lowest BCUT2D eigenvalue weighted by Crippen LogP contribution is -2.39. The molecule has 124 valence electrons. The highest BCUT2D eigenvalue weighted by Crippen LogP contribution is 2.52. The lowest BCUT2D eigenvalue weighted by molar-refractivity contribution is -0.143. The molecular formula is C18H17ClN2O3. The minimum absolute atomic E-state index is 0.149. The third kappa shape index (κ3) is 2.26. The molecule has 2 bridgehead atoms. The molecule has 3 aliphatic rings. The molecule has 1 aromatic rings. The number of carbonyl (C=O) groups is 3. The number of hydrogen-bond donors (Lipinski definition) is 1. The van der Waals surface area contributed by atoms with Crippen molar-refractivity contribution in [1.82, 2.24) is 4.90 Å². The van der Waals surface area contributed by atoms with Gasteiger partial charge in [0.1, 0.15) is 6.54 Å². The Balaban J connectivity index is 1.47. The molecular weight excluding hydrogens is 328 g/mol. The van der Waals surface area contributed by atoms with Gasteiger partial charge in [-0.3, -0.25) is 19.3 Å². The van der Waals surface area contributed by atoms with E-state index in [4.69, 9.17) is 11.6 Å². The lowest BCUT2D eigenvalue weighted by atomic mass is 9.85. The number of carbonyl (C=O) groups excluding carboxylic acids is 3. The molecule has 3 amide bonds. The number of amides is 3. The maximum atomic E-state index is 12.6. The largest absolute Gasteiger partial charge is 0.323 e. The molecule has 1 N–H and O–H groups in total. The first-order valence-corrected chi connectivity index (χ1v) is 8.43. The van der Waals surface area contributed by atoms with Crippen molar-refractivity contribution in [2.24, 2.45) is 23.7 Å². The summed E-state index contributed by atoms with van der Waals surface area (Å²) in [5, 5.41) is 3.11. The Bertz CT molecular complexity index is 758. The van der Waals surface area contributed by atoms with Gasteiger partial charge in [-0.15, -0.1) is 0 Å². The molecule has 1 aliphatic heterocycles. The summed E-state index contributed by atoms with van der Waals surface area (Å²) in [6.45, 7) is 1.65. The van der Waals surface area contributed by atoms with Crippen LogP contribution in [0.3, 0.4) is 0 Å². The standard InChI is InChI=1S/C18H17ClN2O3/c1-9-2-5-13(12(19)6-9)20-14(22)8-21-17(23)15-10-3-4-11(7-10)16(15)18(21)24/h2-6,10-11,15-16H,7-8H2,1H3,(H,20,22)/t10-,11-,15-,16+/m0/s1. The Morgan fingerprint density at radius 1 is 1.21 bits per heavy atom. The number of rotatable bonds is 3. The number of aryl methyl sites for hydroxylation is 1. The molecule has 2 fully saturated rings. The quantitative estimate of drug-likeness (QED) is 0.676. The Morgan fingerprint density at radius 3 is 2.42 bits per heavy atom. The molecule has 4 rings (SSSR count). The highest BCUT2D eigenvalue weighted by atomic mass is 35.5. The van der Waals surface area contributed by atoms with E-state index in [1.807, 2.05) is 25.1 Å². The first-order chi connectivity index (χ1) is 11.5. The molecule has 5 nitrogen and oxygen atoms in total. The molecule has 1 aromatic carbocycles. The van der Waals surface area contributed by atoms with Gasteiger partial charge in [0.2, 0.25) is 17.7 Å². The minimum Gasteiger partial charge on any atom is -0.323 e. The van der Waals surface area contributed by atoms with Crippen LogP contribution >= 0.6 is 11.6 Å². The van der Waals surface area contributed by atoms with E-state index in [2.05, 4.69) is 5.32 Å². The van der Waals surface area contributed by atoms with Crippen molar-refractivity contribution in [2.75, 3.05) is 11.9 Å². The first-order valence-electron chi connectivity index (χ1n) is 8.05. The predicted molar refractivity (Wildman–Crippen MR) is 89.3 cm³/mol. The van der Waals surface area contributed by atoms with Crippen LogP contribution < -0.4 is 5.32 Å². The van der Waals surface area contributed by atoms with Gasteiger partial charge in [-0.25, -0.2) is 0 Å². The molecule has 1 saturated carbocycles. The Morgan fingerprint density at radius 2 is 1.83 bits per heavy atom. The second-order valence-electron chi connectivity index (χ2n) is 6.79. The number of likely N-dealkylation sites (tertiary alicyclic amines) is 1. The fourth-order valence-corrected chi connectivity index (χ4v) is 4.46. The molecule has 0 spiro atoms. The van der Waals surface area contributed by atoms with Gasteiger partial charge in [0.25, 0.3) is 0 Å². The van der Waals surface area contributed by atoms with Gasteiger partial charge in [0.05, 0.1) is 22.5 Å². The van der Waals surface area contributed by atoms with Crippen molar-refractivity contribution in [3.63, 3.8) is 0 Å². The van der Waals surface area contributed by atoms with E-state index in [0.717, 1.165) is 16.9 Å². The van der Waals surface area contributed by atoms with Gasteiger partial charge in [-0.1, -0.05) is 29.8 Å². The molecule has 0 aromatic heterocycles. The van der Waals surface area contributed by atoms with Gasteiger partial charge < -0.3 is 5.32 Å². The van der Waals surface area contributed by atoms with Crippen LogP contribution in [0, 0.1) is 30.6 Å². The van der Waals surface area contributed by atoms with Crippen LogP contribution in [-0.4, -0.2) is 29.2 Å². The predicted octanol–water partition coefficient (Wildman–Crippen LogP) is 2.39. The van der Waals surface area contributed by atoms with E-state index in [1.54, 1.807) is 12.1 Å². The minimum atomic E-state index is -0.414. The summed E-state index contributed by atoms with van der Waals surface area (Å²) in [7, 11) is 0. The number of anilines is 1. The van der Waals surface area contributed by atoms with E-state index < -0.39 is 5.91 Å². The average molecular weight is 345 g/mol. The molecule has 4 atom stereocenters. The summed E-state index contributed by atoms with van der Waals surface area (Å²) >= 11 is 6.10. The van der Waals surface area contributed by atoms with E-state index in [0.29, 0.717) is 10.7 Å². The van der Waals surface area contributed by atoms with Crippen molar-refractivity contribution in [3.05, 3.63) is 40.9 Å². The third-order valence-corrected chi connectivity index (χ3v) is 5.57. The van der Waals surface area contributed by atoms with Crippen LogP contribution in [0.1, 0.15) is 12.0 Å². The molecule has 0 unspecified atom stereocenters. The molecule has 1 saturated heterocycles. The van der Waals surface area contributed by atoms with Gasteiger partial charge in [-0.2, -0.15) is 0 Å². The number of nitrogens with zero attached hydrogens (tertiary/aromatic N) is 1. The van der Waals surface area contributed by atoms with Crippen LogP contribution in [0.2, 0.25) is 5.02 Å². The van der Waals surface area contributed by atoms with Gasteiger partial charge in [-0.05, 0) is 42.9 Å². The van der Waals surface area contributed by atoms with E-state index >= 15 is 0 Å². The Hall–Kier alpha value is -2.14. The summed E-state index contributed by atoms with van der Waals surface area (Å²) in [6.07, 6.45) is 4.95. The fraction of sp³-hybridized carbons (Fsp3) is 0.389. The molecule has 24 heavy (non-hydrogen) atoms. The highest BCUT2D eigenvalue weighted by Gasteiger charge is 2.59. The van der Waals surface area contributed by atoms with E-state index in [1.165, 1.54) is 0 Å². The smallest absolute Gasteiger partial charge is 0.244 e. The number of halogens is 1. The maximum Gasteiger partial charge on any atom is 0.244 e. The zero-order valence-corrected chi connectivity index (χ0v) is 13.9. The van der Waals surface area contributed by atoms with E-state index in [9.17, 15) is 14.4 Å². The number of imide groups is 1. The fourth-order valence-electron chi connectivity index (χ4n) is 4.17. The number of nitrogens with one attached hydrogen (secondary N) is 1.